The standard InChI is InChI=1S/C36H31NO2/c1-2-3-4-11-23-37-33-20-10-9-16-28(33)32-24-26(21-22-34(32)37)35(38)30-17-7-8-18-31(30)36(39)29-19-12-14-25-13-5-6-15-27(25)29/h5-10,12-22,24H,2-4,11,23H2,1H3. The minimum atomic E-state index is -0.138. The van der Waals surface area contributed by atoms with E-state index in [1.165, 1.54) is 24.8 Å². The molecule has 3 heteroatoms. The number of aromatic nitrogens is 1. The van der Waals surface area contributed by atoms with E-state index in [9.17, 15) is 9.59 Å². The van der Waals surface area contributed by atoms with Crippen molar-refractivity contribution in [2.24, 2.45) is 0 Å². The highest BCUT2D eigenvalue weighted by Gasteiger charge is 2.21. The van der Waals surface area contributed by atoms with Gasteiger partial charge in [-0.25, -0.2) is 0 Å². The van der Waals surface area contributed by atoms with Crippen LogP contribution in [0.25, 0.3) is 32.6 Å². The molecule has 0 amide bonds. The second-order valence-electron chi connectivity index (χ2n) is 10.2. The predicted octanol–water partition coefficient (Wildman–Crippen LogP) is 8.99. The number of aryl methyl sites for hydroxylation is 1. The lowest BCUT2D eigenvalue weighted by Crippen LogP contribution is -2.11. The Morgan fingerprint density at radius 3 is 2.03 bits per heavy atom. The number of hydrogen-bond acceptors (Lipinski definition) is 2. The third kappa shape index (κ3) is 4.55. The number of fused-ring (bicyclic) bond motifs is 4. The molecule has 0 aliphatic carbocycles. The van der Waals surface area contributed by atoms with E-state index in [-0.39, 0.29) is 11.6 Å². The van der Waals surface area contributed by atoms with Crippen LogP contribution in [0.15, 0.2) is 109 Å². The van der Waals surface area contributed by atoms with Gasteiger partial charge in [0, 0.05) is 50.6 Å². The maximum atomic E-state index is 13.9. The lowest BCUT2D eigenvalue weighted by Gasteiger charge is -2.11. The summed E-state index contributed by atoms with van der Waals surface area (Å²) >= 11 is 0. The van der Waals surface area contributed by atoms with Crippen molar-refractivity contribution < 1.29 is 9.59 Å². The summed E-state index contributed by atoms with van der Waals surface area (Å²) in [7, 11) is 0. The highest BCUT2D eigenvalue weighted by molar-refractivity contribution is 6.23. The monoisotopic (exact) mass is 509 g/mol. The molecule has 0 aliphatic heterocycles. The molecule has 0 fully saturated rings. The van der Waals surface area contributed by atoms with Gasteiger partial charge in [0.1, 0.15) is 0 Å². The molecule has 0 spiro atoms. The Hall–Kier alpha value is -4.50. The van der Waals surface area contributed by atoms with Crippen LogP contribution in [0.4, 0.5) is 0 Å². The molecule has 0 atom stereocenters. The van der Waals surface area contributed by atoms with Gasteiger partial charge in [-0.1, -0.05) is 111 Å². The molecular formula is C36H31NO2. The van der Waals surface area contributed by atoms with Gasteiger partial charge in [0.2, 0.25) is 0 Å². The summed E-state index contributed by atoms with van der Waals surface area (Å²) < 4.78 is 2.38. The van der Waals surface area contributed by atoms with Crippen LogP contribution in [-0.4, -0.2) is 16.1 Å². The van der Waals surface area contributed by atoms with Crippen LogP contribution in [0.5, 0.6) is 0 Å². The van der Waals surface area contributed by atoms with E-state index in [0.717, 1.165) is 40.0 Å². The summed E-state index contributed by atoms with van der Waals surface area (Å²) in [5.41, 5.74) is 4.39. The van der Waals surface area contributed by atoms with E-state index in [1.807, 2.05) is 66.7 Å². The molecule has 192 valence electrons. The van der Waals surface area contributed by atoms with Crippen LogP contribution >= 0.6 is 0 Å². The summed E-state index contributed by atoms with van der Waals surface area (Å²) in [6.45, 7) is 3.19. The Balaban J connectivity index is 1.41. The van der Waals surface area contributed by atoms with Gasteiger partial charge in [-0.2, -0.15) is 0 Å². The number of para-hydroxylation sites is 1. The van der Waals surface area contributed by atoms with Gasteiger partial charge in [0.15, 0.2) is 11.6 Å². The molecule has 0 unspecified atom stereocenters. The highest BCUT2D eigenvalue weighted by Crippen LogP contribution is 2.31. The third-order valence-electron chi connectivity index (χ3n) is 7.72. The van der Waals surface area contributed by atoms with Crippen molar-refractivity contribution in [2.75, 3.05) is 0 Å². The number of nitrogens with zero attached hydrogens (tertiary/aromatic N) is 1. The first-order valence-corrected chi connectivity index (χ1v) is 13.8. The van der Waals surface area contributed by atoms with Crippen molar-refractivity contribution in [3.05, 3.63) is 131 Å². The van der Waals surface area contributed by atoms with Crippen molar-refractivity contribution in [1.29, 1.82) is 0 Å². The summed E-state index contributed by atoms with van der Waals surface area (Å²) in [6.07, 6.45) is 4.80. The molecule has 0 saturated heterocycles. The average molecular weight is 510 g/mol. The minimum Gasteiger partial charge on any atom is -0.340 e. The first-order valence-electron chi connectivity index (χ1n) is 13.8. The summed E-state index contributed by atoms with van der Waals surface area (Å²) in [5.74, 6) is -0.277. The number of benzene rings is 5. The fourth-order valence-electron chi connectivity index (χ4n) is 5.74. The van der Waals surface area contributed by atoms with Crippen LogP contribution in [-0.2, 0) is 6.54 Å². The van der Waals surface area contributed by atoms with Crippen LogP contribution in [0, 0.1) is 0 Å². The van der Waals surface area contributed by atoms with Crippen molar-refractivity contribution in [3.8, 4) is 0 Å². The first kappa shape index (κ1) is 24.8. The number of hydrogen-bond donors (Lipinski definition) is 0. The zero-order valence-electron chi connectivity index (χ0n) is 22.2. The van der Waals surface area contributed by atoms with Crippen LogP contribution in [0.3, 0.4) is 0 Å². The third-order valence-corrected chi connectivity index (χ3v) is 7.72. The van der Waals surface area contributed by atoms with E-state index in [0.29, 0.717) is 22.3 Å². The van der Waals surface area contributed by atoms with Gasteiger partial charge in [0.05, 0.1) is 0 Å². The highest BCUT2D eigenvalue weighted by atomic mass is 16.1. The number of ketones is 2. The number of carbonyl (C=O) groups excluding carboxylic acids is 2. The lowest BCUT2D eigenvalue weighted by atomic mass is 9.91. The number of rotatable bonds is 9. The molecule has 1 heterocycles. The Bertz CT molecular complexity index is 1840. The van der Waals surface area contributed by atoms with Crippen molar-refractivity contribution >= 4 is 44.1 Å². The Kier molecular flexibility index (Phi) is 6.81. The average Bonchev–Trinajstić information content (AvgIpc) is 3.31. The fraction of sp³-hybridized carbons (Fsp3) is 0.167. The zero-order valence-corrected chi connectivity index (χ0v) is 22.2. The van der Waals surface area contributed by atoms with Gasteiger partial charge in [-0.3, -0.25) is 9.59 Å². The van der Waals surface area contributed by atoms with E-state index in [4.69, 9.17) is 0 Å². The summed E-state index contributed by atoms with van der Waals surface area (Å²) in [6, 6.07) is 35.2. The normalized spacial score (nSPS) is 11.4. The molecule has 39 heavy (non-hydrogen) atoms. The van der Waals surface area contributed by atoms with E-state index in [2.05, 4.69) is 41.8 Å². The maximum Gasteiger partial charge on any atom is 0.194 e. The van der Waals surface area contributed by atoms with Gasteiger partial charge >= 0.3 is 0 Å². The molecule has 0 saturated carbocycles. The van der Waals surface area contributed by atoms with E-state index >= 15 is 0 Å². The van der Waals surface area contributed by atoms with Crippen LogP contribution in [0.2, 0.25) is 0 Å². The number of unbranched alkanes of at least 4 members (excludes halogenated alkanes) is 3. The molecule has 0 aliphatic rings. The van der Waals surface area contributed by atoms with E-state index < -0.39 is 0 Å². The molecule has 1 aromatic heterocycles. The second-order valence-corrected chi connectivity index (χ2v) is 10.2. The Morgan fingerprint density at radius 1 is 0.564 bits per heavy atom. The SMILES string of the molecule is CCCCCCn1c2ccccc2c2cc(C(=O)c3ccccc3C(=O)c3cccc4ccccc34)ccc21. The van der Waals surface area contributed by atoms with E-state index in [1.54, 1.807) is 12.1 Å². The Labute approximate surface area is 228 Å². The second kappa shape index (κ2) is 10.7. The first-order chi connectivity index (χ1) is 19.2. The minimum absolute atomic E-state index is 0.138. The largest absolute Gasteiger partial charge is 0.340 e. The van der Waals surface area contributed by atoms with Crippen molar-refractivity contribution in [2.45, 2.75) is 39.2 Å². The van der Waals surface area contributed by atoms with Crippen molar-refractivity contribution in [3.63, 3.8) is 0 Å². The van der Waals surface area contributed by atoms with Gasteiger partial charge in [0.25, 0.3) is 0 Å². The number of carbonyl (C=O) groups is 2. The molecule has 0 N–H and O–H groups in total. The van der Waals surface area contributed by atoms with Gasteiger partial charge in [-0.15, -0.1) is 0 Å². The molecule has 6 rings (SSSR count). The predicted molar refractivity (Wildman–Crippen MR) is 161 cm³/mol. The zero-order chi connectivity index (χ0) is 26.8. The molecule has 3 nitrogen and oxygen atoms in total. The smallest absolute Gasteiger partial charge is 0.194 e. The van der Waals surface area contributed by atoms with Crippen LogP contribution < -0.4 is 0 Å². The molecule has 6 aromatic rings. The van der Waals surface area contributed by atoms with Crippen molar-refractivity contribution in [1.82, 2.24) is 4.57 Å². The van der Waals surface area contributed by atoms with Crippen LogP contribution in [0.1, 0.15) is 64.4 Å². The van der Waals surface area contributed by atoms with Gasteiger partial charge < -0.3 is 4.57 Å². The quantitative estimate of drug-likeness (QED) is 0.144. The summed E-state index contributed by atoms with van der Waals surface area (Å²) in [5, 5.41) is 4.12. The molecule has 0 radical (unpaired) electrons. The fourth-order valence-corrected chi connectivity index (χ4v) is 5.74. The molecule has 5 aromatic carbocycles. The Morgan fingerprint density at radius 2 is 1.21 bits per heavy atom. The van der Waals surface area contributed by atoms with Gasteiger partial charge in [-0.05, 0) is 41.5 Å². The summed E-state index contributed by atoms with van der Waals surface area (Å²) in [4.78, 5) is 27.7. The maximum absolute atomic E-state index is 13.9. The topological polar surface area (TPSA) is 39.1 Å². The lowest BCUT2D eigenvalue weighted by molar-refractivity contribution is 0.100. The molecular weight excluding hydrogens is 478 g/mol. The molecule has 0 bridgehead atoms.